The number of carbonyl (C=O) groups excluding carboxylic acids is 2. The molecule has 0 saturated heterocycles. The third-order valence-corrected chi connectivity index (χ3v) is 4.48. The zero-order valence-electron chi connectivity index (χ0n) is 12.1. The van der Waals surface area contributed by atoms with Crippen LogP contribution in [0.1, 0.15) is 37.8 Å². The van der Waals surface area contributed by atoms with Crippen molar-refractivity contribution in [3.05, 3.63) is 20.7 Å². The maximum Gasteiger partial charge on any atom is 0.308 e. The largest absolute Gasteiger partial charge is 0.456 e. The van der Waals surface area contributed by atoms with Crippen LogP contribution in [0.25, 0.3) is 0 Å². The van der Waals surface area contributed by atoms with Crippen molar-refractivity contribution in [3.63, 3.8) is 0 Å². The number of rotatable bonds is 6. The molecule has 0 aromatic carbocycles. The highest BCUT2D eigenvalue weighted by Gasteiger charge is 2.17. The maximum absolute atomic E-state index is 11.6. The summed E-state index contributed by atoms with van der Waals surface area (Å²) in [5, 5.41) is 4.61. The predicted molar refractivity (Wildman–Crippen MR) is 79.3 cm³/mol. The molecular formula is C14H20N2O4S. The minimum Gasteiger partial charge on any atom is -0.456 e. The van der Waals surface area contributed by atoms with E-state index in [-0.39, 0.29) is 36.4 Å². The first kappa shape index (κ1) is 15.8. The molecule has 21 heavy (non-hydrogen) atoms. The van der Waals surface area contributed by atoms with Crippen LogP contribution in [0.15, 0.2) is 10.2 Å². The summed E-state index contributed by atoms with van der Waals surface area (Å²) in [6, 6.07) is 0.225. The number of nitrogens with zero attached hydrogens (tertiary/aromatic N) is 1. The van der Waals surface area contributed by atoms with Crippen molar-refractivity contribution in [2.24, 2.45) is 0 Å². The van der Waals surface area contributed by atoms with E-state index in [4.69, 9.17) is 4.74 Å². The van der Waals surface area contributed by atoms with Crippen molar-refractivity contribution >= 4 is 23.2 Å². The number of hydrogen-bond donors (Lipinski definition) is 1. The van der Waals surface area contributed by atoms with Crippen molar-refractivity contribution in [3.8, 4) is 0 Å². The lowest BCUT2D eigenvalue weighted by atomic mass is 10.2. The highest BCUT2D eigenvalue weighted by molar-refractivity contribution is 7.07. The lowest BCUT2D eigenvalue weighted by molar-refractivity contribution is -0.148. The summed E-state index contributed by atoms with van der Waals surface area (Å²) in [5.41, 5.74) is 0.830. The molecule has 1 saturated carbocycles. The first-order chi connectivity index (χ1) is 10.1. The molecule has 1 fully saturated rings. The molecule has 6 nitrogen and oxygen atoms in total. The van der Waals surface area contributed by atoms with E-state index >= 15 is 0 Å². The number of amides is 1. The second-order valence-corrected chi connectivity index (χ2v) is 6.07. The van der Waals surface area contributed by atoms with E-state index in [2.05, 4.69) is 5.32 Å². The summed E-state index contributed by atoms with van der Waals surface area (Å²) in [6.07, 6.45) is 4.37. The molecule has 7 heteroatoms. The summed E-state index contributed by atoms with van der Waals surface area (Å²) >= 11 is 1.11. The second-order valence-electron chi connectivity index (χ2n) is 5.25. The molecule has 1 amide bonds. The highest BCUT2D eigenvalue weighted by atomic mass is 32.1. The molecule has 1 N–H and O–H groups in total. The number of nitrogens with one attached hydrogen (secondary N) is 1. The molecule has 2 rings (SSSR count). The Morgan fingerprint density at radius 3 is 2.76 bits per heavy atom. The van der Waals surface area contributed by atoms with Gasteiger partial charge in [0.25, 0.3) is 5.91 Å². The van der Waals surface area contributed by atoms with Gasteiger partial charge in [-0.15, -0.1) is 0 Å². The van der Waals surface area contributed by atoms with Crippen LogP contribution >= 0.6 is 11.3 Å². The molecule has 1 aromatic rings. The van der Waals surface area contributed by atoms with E-state index in [1.165, 1.54) is 4.57 Å². The van der Waals surface area contributed by atoms with Crippen molar-refractivity contribution < 1.29 is 14.3 Å². The zero-order chi connectivity index (χ0) is 15.2. The zero-order valence-corrected chi connectivity index (χ0v) is 12.9. The Hall–Kier alpha value is -1.63. The lowest BCUT2D eigenvalue weighted by Gasteiger charge is -2.12. The van der Waals surface area contributed by atoms with E-state index < -0.39 is 5.97 Å². The summed E-state index contributed by atoms with van der Waals surface area (Å²) < 4.78 is 6.46. The Morgan fingerprint density at radius 1 is 1.43 bits per heavy atom. The molecular weight excluding hydrogens is 292 g/mol. The van der Waals surface area contributed by atoms with Crippen molar-refractivity contribution in [2.45, 2.75) is 51.6 Å². The number of thiazole rings is 1. The third-order valence-electron chi connectivity index (χ3n) is 3.60. The number of carbonyl (C=O) groups is 2. The van der Waals surface area contributed by atoms with E-state index in [9.17, 15) is 14.4 Å². The number of aryl methyl sites for hydroxylation is 1. The van der Waals surface area contributed by atoms with Gasteiger partial charge in [-0.1, -0.05) is 24.2 Å². The fourth-order valence-corrected chi connectivity index (χ4v) is 3.20. The minimum atomic E-state index is -0.464. The van der Waals surface area contributed by atoms with Gasteiger partial charge in [0.1, 0.15) is 0 Å². The molecule has 0 aliphatic heterocycles. The van der Waals surface area contributed by atoms with Crippen LogP contribution in [0.3, 0.4) is 0 Å². The van der Waals surface area contributed by atoms with Gasteiger partial charge in [-0.3, -0.25) is 14.4 Å². The van der Waals surface area contributed by atoms with Gasteiger partial charge in [-0.2, -0.15) is 0 Å². The Labute approximate surface area is 127 Å². The number of aromatic nitrogens is 1. The molecule has 1 aliphatic carbocycles. The van der Waals surface area contributed by atoms with Gasteiger partial charge in [-0.25, -0.2) is 0 Å². The maximum atomic E-state index is 11.6. The highest BCUT2D eigenvalue weighted by Crippen LogP contribution is 2.17. The summed E-state index contributed by atoms with van der Waals surface area (Å²) in [7, 11) is 0. The molecule has 1 heterocycles. The molecule has 0 bridgehead atoms. The summed E-state index contributed by atoms with van der Waals surface area (Å²) in [5.74, 6) is -0.715. The van der Waals surface area contributed by atoms with E-state index in [1.54, 1.807) is 5.38 Å². The number of esters is 1. The summed E-state index contributed by atoms with van der Waals surface area (Å²) in [4.78, 5) is 34.6. The number of ether oxygens (including phenoxy) is 1. The predicted octanol–water partition coefficient (Wildman–Crippen LogP) is 1.21. The average Bonchev–Trinajstić information content (AvgIpc) is 3.06. The first-order valence-electron chi connectivity index (χ1n) is 7.16. The molecule has 1 aromatic heterocycles. The van der Waals surface area contributed by atoms with E-state index in [0.717, 1.165) is 42.7 Å². The topological polar surface area (TPSA) is 77.4 Å². The van der Waals surface area contributed by atoms with Crippen LogP contribution in [0, 0.1) is 6.92 Å². The van der Waals surface area contributed by atoms with Crippen molar-refractivity contribution in [2.75, 3.05) is 6.61 Å². The van der Waals surface area contributed by atoms with Crippen LogP contribution in [-0.2, 0) is 20.9 Å². The first-order valence-corrected chi connectivity index (χ1v) is 8.04. The molecule has 1 aliphatic rings. The van der Waals surface area contributed by atoms with Gasteiger partial charge in [0.15, 0.2) is 6.61 Å². The van der Waals surface area contributed by atoms with Crippen LogP contribution < -0.4 is 10.2 Å². The molecule has 0 unspecified atom stereocenters. The Bertz CT molecular complexity index is 558. The number of hydrogen-bond acceptors (Lipinski definition) is 5. The van der Waals surface area contributed by atoms with Crippen LogP contribution in [0.2, 0.25) is 0 Å². The third kappa shape index (κ3) is 4.70. The average molecular weight is 312 g/mol. The van der Waals surface area contributed by atoms with Crippen LogP contribution in [-0.4, -0.2) is 29.1 Å². The smallest absolute Gasteiger partial charge is 0.308 e. The van der Waals surface area contributed by atoms with Gasteiger partial charge in [0, 0.05) is 23.7 Å². The van der Waals surface area contributed by atoms with Crippen molar-refractivity contribution in [1.82, 2.24) is 9.88 Å². The fourth-order valence-electron chi connectivity index (χ4n) is 2.44. The lowest BCUT2D eigenvalue weighted by Crippen LogP contribution is -2.36. The summed E-state index contributed by atoms with van der Waals surface area (Å²) in [6.45, 7) is 1.86. The van der Waals surface area contributed by atoms with E-state index in [0.29, 0.717) is 0 Å². The van der Waals surface area contributed by atoms with Gasteiger partial charge >= 0.3 is 10.8 Å². The van der Waals surface area contributed by atoms with Gasteiger partial charge in [0.2, 0.25) is 0 Å². The SMILES string of the molecule is Cc1csc(=O)n1CCC(=O)OCC(=O)NC1CCCC1. The molecule has 116 valence electrons. The molecule has 0 atom stereocenters. The monoisotopic (exact) mass is 312 g/mol. The second kappa shape index (κ2) is 7.40. The van der Waals surface area contributed by atoms with Gasteiger partial charge < -0.3 is 14.6 Å². The standard InChI is InChI=1S/C14H20N2O4S/c1-10-9-21-14(19)16(10)7-6-13(18)20-8-12(17)15-11-4-2-3-5-11/h9,11H,2-8H2,1H3,(H,15,17). The normalized spacial score (nSPS) is 15.1. The molecule has 0 spiro atoms. The Kier molecular flexibility index (Phi) is 5.55. The quantitative estimate of drug-likeness (QED) is 0.801. The van der Waals surface area contributed by atoms with E-state index in [1.807, 2.05) is 6.92 Å². The Balaban J connectivity index is 1.67. The molecule has 0 radical (unpaired) electrons. The van der Waals surface area contributed by atoms with Crippen LogP contribution in [0.5, 0.6) is 0 Å². The Morgan fingerprint density at radius 2 is 2.14 bits per heavy atom. The fraction of sp³-hybridized carbons (Fsp3) is 0.643. The minimum absolute atomic E-state index is 0.0840. The van der Waals surface area contributed by atoms with Gasteiger partial charge in [0.05, 0.1) is 6.42 Å². The van der Waals surface area contributed by atoms with Crippen LogP contribution in [0.4, 0.5) is 0 Å². The van der Waals surface area contributed by atoms with Gasteiger partial charge in [-0.05, 0) is 19.8 Å². The van der Waals surface area contributed by atoms with Crippen molar-refractivity contribution in [1.29, 1.82) is 0 Å².